The quantitative estimate of drug-likeness (QED) is 0.675. The Balaban J connectivity index is 2.53. The van der Waals surface area contributed by atoms with Gasteiger partial charge in [0.1, 0.15) is 5.69 Å². The van der Waals surface area contributed by atoms with Gasteiger partial charge in [-0.15, -0.1) is 0 Å². The molecule has 0 atom stereocenters. The summed E-state index contributed by atoms with van der Waals surface area (Å²) in [7, 11) is 0. The molecule has 4 heteroatoms. The highest BCUT2D eigenvalue weighted by atomic mass is 16.5. The minimum absolute atomic E-state index is 0.255. The maximum atomic E-state index is 10.5. The highest BCUT2D eigenvalue weighted by Crippen LogP contribution is 2.21. The Bertz CT molecular complexity index is 448. The maximum absolute atomic E-state index is 10.5. The van der Waals surface area contributed by atoms with Crippen LogP contribution in [0.2, 0.25) is 0 Å². The van der Waals surface area contributed by atoms with E-state index in [2.05, 4.69) is 10.1 Å². The Hall–Kier alpha value is -1.97. The van der Waals surface area contributed by atoms with E-state index < -0.39 is 0 Å². The Kier molecular flexibility index (Phi) is 2.10. The highest BCUT2D eigenvalue weighted by molar-refractivity contribution is 5.76. The first-order valence-corrected chi connectivity index (χ1v) is 4.16. The third-order valence-corrected chi connectivity index (χ3v) is 1.97. The Labute approximate surface area is 80.6 Å². The third kappa shape index (κ3) is 1.31. The van der Waals surface area contributed by atoms with E-state index in [-0.39, 0.29) is 5.76 Å². The van der Waals surface area contributed by atoms with Gasteiger partial charge in [-0.25, -0.2) is 0 Å². The van der Waals surface area contributed by atoms with Crippen LogP contribution in [-0.2, 0) is 0 Å². The maximum Gasteiger partial charge on any atom is 0.202 e. The number of nitrogens with zero attached hydrogens (tertiary/aromatic N) is 2. The summed E-state index contributed by atoms with van der Waals surface area (Å²) < 4.78 is 4.84. The zero-order chi connectivity index (χ0) is 9.97. The summed E-state index contributed by atoms with van der Waals surface area (Å²) in [6.07, 6.45) is 2.32. The molecule has 0 aliphatic rings. The molecule has 0 bridgehead atoms. The van der Waals surface area contributed by atoms with Crippen LogP contribution in [0.3, 0.4) is 0 Å². The average Bonchev–Trinajstić information content (AvgIpc) is 2.61. The van der Waals surface area contributed by atoms with E-state index in [4.69, 9.17) is 4.52 Å². The lowest BCUT2D eigenvalue weighted by molar-refractivity contribution is 0.109. The summed E-state index contributed by atoms with van der Waals surface area (Å²) in [5, 5.41) is 3.79. The molecule has 0 amide bonds. The van der Waals surface area contributed by atoms with Crippen molar-refractivity contribution < 1.29 is 9.32 Å². The molecule has 2 aromatic rings. The second-order valence-electron chi connectivity index (χ2n) is 2.85. The van der Waals surface area contributed by atoms with Crippen molar-refractivity contribution >= 4 is 6.29 Å². The van der Waals surface area contributed by atoms with E-state index in [1.54, 1.807) is 13.1 Å². The lowest BCUT2D eigenvalue weighted by Crippen LogP contribution is -1.85. The van der Waals surface area contributed by atoms with Crippen molar-refractivity contribution in [3.05, 3.63) is 35.7 Å². The second kappa shape index (κ2) is 3.41. The van der Waals surface area contributed by atoms with Gasteiger partial charge >= 0.3 is 0 Å². The lowest BCUT2D eigenvalue weighted by Gasteiger charge is -1.93. The standard InChI is InChI=1S/C10H8N2O2/c1-7-9(6-13)14-12-10(7)8-4-2-3-5-11-8/h2-6H,1H3. The van der Waals surface area contributed by atoms with Crippen LogP contribution in [0.5, 0.6) is 0 Å². The Morgan fingerprint density at radius 3 is 2.86 bits per heavy atom. The predicted octanol–water partition coefficient (Wildman–Crippen LogP) is 1.86. The van der Waals surface area contributed by atoms with Crippen LogP contribution in [-0.4, -0.2) is 16.4 Å². The largest absolute Gasteiger partial charge is 0.352 e. The zero-order valence-electron chi connectivity index (χ0n) is 7.60. The molecule has 0 saturated carbocycles. The Morgan fingerprint density at radius 2 is 2.29 bits per heavy atom. The zero-order valence-corrected chi connectivity index (χ0v) is 7.60. The average molecular weight is 188 g/mol. The van der Waals surface area contributed by atoms with Gasteiger partial charge in [-0.3, -0.25) is 9.78 Å². The summed E-state index contributed by atoms with van der Waals surface area (Å²) in [4.78, 5) is 14.6. The molecule has 2 heterocycles. The van der Waals surface area contributed by atoms with Crippen molar-refractivity contribution in [3.63, 3.8) is 0 Å². The van der Waals surface area contributed by atoms with Gasteiger partial charge in [-0.2, -0.15) is 0 Å². The van der Waals surface area contributed by atoms with Crippen LogP contribution in [0.4, 0.5) is 0 Å². The van der Waals surface area contributed by atoms with E-state index in [0.717, 1.165) is 5.56 Å². The number of aromatic nitrogens is 2. The molecule has 0 aromatic carbocycles. The van der Waals surface area contributed by atoms with E-state index in [1.165, 1.54) is 0 Å². The number of carbonyl (C=O) groups excluding carboxylic acids is 1. The highest BCUT2D eigenvalue weighted by Gasteiger charge is 2.12. The monoisotopic (exact) mass is 188 g/mol. The minimum atomic E-state index is 0.255. The van der Waals surface area contributed by atoms with Crippen molar-refractivity contribution in [3.8, 4) is 11.4 Å². The van der Waals surface area contributed by atoms with Crippen LogP contribution in [0, 0.1) is 6.92 Å². The summed E-state index contributed by atoms with van der Waals surface area (Å²) >= 11 is 0. The first kappa shape index (κ1) is 8.62. The fraction of sp³-hybridized carbons (Fsp3) is 0.100. The fourth-order valence-corrected chi connectivity index (χ4v) is 1.20. The third-order valence-electron chi connectivity index (χ3n) is 1.97. The predicted molar refractivity (Wildman–Crippen MR) is 49.9 cm³/mol. The molecular weight excluding hydrogens is 180 g/mol. The molecular formula is C10H8N2O2. The molecule has 4 nitrogen and oxygen atoms in total. The number of rotatable bonds is 2. The molecule has 0 aliphatic heterocycles. The Morgan fingerprint density at radius 1 is 1.43 bits per heavy atom. The number of pyridine rings is 1. The van der Waals surface area contributed by atoms with Crippen molar-refractivity contribution in [2.24, 2.45) is 0 Å². The van der Waals surface area contributed by atoms with Gasteiger partial charge in [0.25, 0.3) is 0 Å². The number of carbonyl (C=O) groups is 1. The SMILES string of the molecule is Cc1c(-c2ccccn2)noc1C=O. The fourth-order valence-electron chi connectivity index (χ4n) is 1.20. The molecule has 0 saturated heterocycles. The van der Waals surface area contributed by atoms with Gasteiger partial charge in [0, 0.05) is 11.8 Å². The molecule has 70 valence electrons. The van der Waals surface area contributed by atoms with E-state index in [0.29, 0.717) is 17.7 Å². The van der Waals surface area contributed by atoms with Gasteiger partial charge < -0.3 is 4.52 Å². The number of aldehydes is 1. The van der Waals surface area contributed by atoms with Gasteiger partial charge in [0.2, 0.25) is 5.76 Å². The van der Waals surface area contributed by atoms with E-state index in [9.17, 15) is 4.79 Å². The molecule has 0 aliphatic carbocycles. The molecule has 14 heavy (non-hydrogen) atoms. The van der Waals surface area contributed by atoms with Crippen LogP contribution < -0.4 is 0 Å². The molecule has 0 spiro atoms. The molecule has 0 fully saturated rings. The first-order valence-electron chi connectivity index (χ1n) is 4.16. The summed E-state index contributed by atoms with van der Waals surface area (Å²) in [5.74, 6) is 0.255. The summed E-state index contributed by atoms with van der Waals surface area (Å²) in [5.41, 5.74) is 2.05. The van der Waals surface area contributed by atoms with Gasteiger partial charge in [-0.05, 0) is 19.1 Å². The van der Waals surface area contributed by atoms with Crippen molar-refractivity contribution in [1.82, 2.24) is 10.1 Å². The van der Waals surface area contributed by atoms with Crippen LogP contribution >= 0.6 is 0 Å². The van der Waals surface area contributed by atoms with E-state index >= 15 is 0 Å². The van der Waals surface area contributed by atoms with Crippen molar-refractivity contribution in [2.75, 3.05) is 0 Å². The van der Waals surface area contributed by atoms with Crippen LogP contribution in [0.1, 0.15) is 16.1 Å². The van der Waals surface area contributed by atoms with Gasteiger partial charge in [0.05, 0.1) is 5.69 Å². The van der Waals surface area contributed by atoms with Crippen LogP contribution in [0.25, 0.3) is 11.4 Å². The molecule has 2 rings (SSSR count). The molecule has 0 radical (unpaired) electrons. The number of hydrogen-bond acceptors (Lipinski definition) is 4. The normalized spacial score (nSPS) is 10.1. The first-order chi connectivity index (χ1) is 6.83. The van der Waals surface area contributed by atoms with E-state index in [1.807, 2.05) is 18.2 Å². The molecule has 0 N–H and O–H groups in total. The summed E-state index contributed by atoms with van der Waals surface area (Å²) in [6.45, 7) is 1.78. The molecule has 0 unspecified atom stereocenters. The smallest absolute Gasteiger partial charge is 0.202 e. The molecule has 2 aromatic heterocycles. The van der Waals surface area contributed by atoms with Gasteiger partial charge in [-0.1, -0.05) is 11.2 Å². The summed E-state index contributed by atoms with van der Waals surface area (Å²) in [6, 6.07) is 5.50. The lowest BCUT2D eigenvalue weighted by atomic mass is 10.1. The van der Waals surface area contributed by atoms with Crippen LogP contribution in [0.15, 0.2) is 28.9 Å². The van der Waals surface area contributed by atoms with Crippen molar-refractivity contribution in [1.29, 1.82) is 0 Å². The number of hydrogen-bond donors (Lipinski definition) is 0. The second-order valence-corrected chi connectivity index (χ2v) is 2.85. The van der Waals surface area contributed by atoms with Gasteiger partial charge in [0.15, 0.2) is 6.29 Å². The van der Waals surface area contributed by atoms with Crippen molar-refractivity contribution in [2.45, 2.75) is 6.92 Å². The topological polar surface area (TPSA) is 56.0 Å². The minimum Gasteiger partial charge on any atom is -0.352 e.